The average Bonchev–Trinajstić information content (AvgIpc) is 3.05. The topological polar surface area (TPSA) is 79.5 Å². The second-order valence-electron chi connectivity index (χ2n) is 5.64. The van der Waals surface area contributed by atoms with Crippen LogP contribution in [-0.4, -0.2) is 25.7 Å². The zero-order valence-corrected chi connectivity index (χ0v) is 13.4. The molecular weight excluding hydrogens is 335 g/mol. The number of hydrogen-bond acceptors (Lipinski definition) is 4. The van der Waals surface area contributed by atoms with Gasteiger partial charge in [0, 0.05) is 17.4 Å². The molecule has 0 aliphatic carbocycles. The smallest absolute Gasteiger partial charge is 0.335 e. The summed E-state index contributed by atoms with van der Waals surface area (Å²) in [5.41, 5.74) is 3.17. The second-order valence-corrected chi connectivity index (χ2v) is 5.64. The first-order chi connectivity index (χ1) is 12.6. The maximum absolute atomic E-state index is 13.2. The molecule has 0 bridgehead atoms. The predicted octanol–water partition coefficient (Wildman–Crippen LogP) is 3.98. The Balaban J connectivity index is 1.68. The zero-order valence-electron chi connectivity index (χ0n) is 13.4. The molecular formula is C19H13FN4O2. The van der Waals surface area contributed by atoms with Crippen LogP contribution in [0.3, 0.4) is 0 Å². The van der Waals surface area contributed by atoms with Crippen molar-refractivity contribution in [2.75, 3.05) is 5.32 Å². The maximum Gasteiger partial charge on any atom is 0.335 e. The zero-order chi connectivity index (χ0) is 18.1. The van der Waals surface area contributed by atoms with E-state index in [1.807, 2.05) is 12.1 Å². The fourth-order valence-electron chi connectivity index (χ4n) is 2.64. The van der Waals surface area contributed by atoms with Gasteiger partial charge in [0.2, 0.25) is 5.95 Å². The van der Waals surface area contributed by atoms with E-state index < -0.39 is 5.97 Å². The predicted molar refractivity (Wildman–Crippen MR) is 95.1 cm³/mol. The van der Waals surface area contributed by atoms with E-state index in [-0.39, 0.29) is 11.4 Å². The van der Waals surface area contributed by atoms with Gasteiger partial charge in [0.15, 0.2) is 5.65 Å². The lowest BCUT2D eigenvalue weighted by atomic mass is 10.1. The largest absolute Gasteiger partial charge is 0.478 e. The summed E-state index contributed by atoms with van der Waals surface area (Å²) in [6.45, 7) is 0. The summed E-state index contributed by atoms with van der Waals surface area (Å²) in [4.78, 5) is 15.4. The fourth-order valence-corrected chi connectivity index (χ4v) is 2.64. The number of carboxylic acids is 1. The van der Waals surface area contributed by atoms with Gasteiger partial charge in [0.1, 0.15) is 5.82 Å². The SMILES string of the molecule is O=C(O)c1ccc(Nc2nc3c(-c4ccc(F)cc4)cccn3n2)cc1. The molecule has 0 amide bonds. The summed E-state index contributed by atoms with van der Waals surface area (Å²) < 4.78 is 14.8. The van der Waals surface area contributed by atoms with Crippen molar-refractivity contribution in [2.45, 2.75) is 0 Å². The number of anilines is 2. The molecule has 128 valence electrons. The van der Waals surface area contributed by atoms with Gasteiger partial charge in [-0.25, -0.2) is 13.7 Å². The van der Waals surface area contributed by atoms with Gasteiger partial charge in [-0.2, -0.15) is 4.98 Å². The van der Waals surface area contributed by atoms with Gasteiger partial charge in [-0.3, -0.25) is 0 Å². The lowest BCUT2D eigenvalue weighted by Crippen LogP contribution is -1.97. The van der Waals surface area contributed by atoms with Crippen LogP contribution in [0.1, 0.15) is 10.4 Å². The highest BCUT2D eigenvalue weighted by atomic mass is 19.1. The van der Waals surface area contributed by atoms with Crippen molar-refractivity contribution in [3.8, 4) is 11.1 Å². The van der Waals surface area contributed by atoms with Crippen molar-refractivity contribution in [3.63, 3.8) is 0 Å². The van der Waals surface area contributed by atoms with Gasteiger partial charge in [0.05, 0.1) is 5.56 Å². The van der Waals surface area contributed by atoms with Crippen LogP contribution < -0.4 is 5.32 Å². The van der Waals surface area contributed by atoms with Gasteiger partial charge in [-0.15, -0.1) is 5.10 Å². The third-order valence-corrected chi connectivity index (χ3v) is 3.91. The number of nitrogens with zero attached hydrogens (tertiary/aromatic N) is 3. The molecule has 0 atom stereocenters. The van der Waals surface area contributed by atoms with Gasteiger partial charge in [-0.1, -0.05) is 12.1 Å². The summed E-state index contributed by atoms with van der Waals surface area (Å²) >= 11 is 0. The summed E-state index contributed by atoms with van der Waals surface area (Å²) in [5.74, 6) is -0.900. The van der Waals surface area contributed by atoms with Crippen LogP contribution >= 0.6 is 0 Å². The normalized spacial score (nSPS) is 10.8. The van der Waals surface area contributed by atoms with Crippen molar-refractivity contribution >= 4 is 23.3 Å². The fraction of sp³-hybridized carbons (Fsp3) is 0. The minimum atomic E-state index is -0.980. The van der Waals surface area contributed by atoms with Gasteiger partial charge >= 0.3 is 5.97 Å². The Kier molecular flexibility index (Phi) is 3.81. The quantitative estimate of drug-likeness (QED) is 0.583. The molecule has 0 saturated carbocycles. The lowest BCUT2D eigenvalue weighted by Gasteiger charge is -2.02. The van der Waals surface area contributed by atoms with E-state index in [0.29, 0.717) is 17.3 Å². The molecule has 0 spiro atoms. The van der Waals surface area contributed by atoms with E-state index in [1.165, 1.54) is 24.3 Å². The third kappa shape index (κ3) is 2.98. The molecule has 2 aromatic heterocycles. The van der Waals surface area contributed by atoms with Gasteiger partial charge in [0.25, 0.3) is 0 Å². The average molecular weight is 348 g/mol. The Morgan fingerprint density at radius 1 is 1.04 bits per heavy atom. The number of benzene rings is 2. The number of hydrogen-bond donors (Lipinski definition) is 2. The molecule has 0 aliphatic heterocycles. The molecule has 4 rings (SSSR count). The van der Waals surface area contributed by atoms with Gasteiger partial charge < -0.3 is 10.4 Å². The van der Waals surface area contributed by atoms with Crippen LogP contribution in [0.4, 0.5) is 16.0 Å². The van der Waals surface area contributed by atoms with Crippen LogP contribution in [0, 0.1) is 5.82 Å². The number of nitrogens with one attached hydrogen (secondary N) is 1. The first-order valence-electron chi connectivity index (χ1n) is 7.82. The van der Waals surface area contributed by atoms with Crippen LogP contribution in [0.5, 0.6) is 0 Å². The molecule has 4 aromatic rings. The van der Waals surface area contributed by atoms with Crippen LogP contribution in [0.25, 0.3) is 16.8 Å². The van der Waals surface area contributed by atoms with E-state index in [1.54, 1.807) is 35.0 Å². The molecule has 7 heteroatoms. The minimum absolute atomic E-state index is 0.206. The lowest BCUT2D eigenvalue weighted by molar-refractivity contribution is 0.0697. The number of rotatable bonds is 4. The third-order valence-electron chi connectivity index (χ3n) is 3.91. The van der Waals surface area contributed by atoms with Crippen molar-refractivity contribution in [1.82, 2.24) is 14.6 Å². The number of halogens is 1. The van der Waals surface area contributed by atoms with Crippen molar-refractivity contribution in [2.24, 2.45) is 0 Å². The van der Waals surface area contributed by atoms with Gasteiger partial charge in [-0.05, 0) is 54.1 Å². The summed E-state index contributed by atoms with van der Waals surface area (Å²) in [6.07, 6.45) is 1.77. The first kappa shape index (κ1) is 15.8. The Bertz CT molecular complexity index is 1090. The molecule has 6 nitrogen and oxygen atoms in total. The molecule has 2 aromatic carbocycles. The Morgan fingerprint density at radius 3 is 2.46 bits per heavy atom. The number of aromatic carboxylic acids is 1. The highest BCUT2D eigenvalue weighted by Crippen LogP contribution is 2.25. The van der Waals surface area contributed by atoms with E-state index in [2.05, 4.69) is 15.4 Å². The highest BCUT2D eigenvalue weighted by Gasteiger charge is 2.10. The summed E-state index contributed by atoms with van der Waals surface area (Å²) in [7, 11) is 0. The molecule has 0 radical (unpaired) electrons. The van der Waals surface area contributed by atoms with Crippen LogP contribution in [-0.2, 0) is 0 Å². The molecule has 2 heterocycles. The number of pyridine rings is 1. The minimum Gasteiger partial charge on any atom is -0.478 e. The van der Waals surface area contributed by atoms with E-state index in [9.17, 15) is 9.18 Å². The summed E-state index contributed by atoms with van der Waals surface area (Å²) in [5, 5.41) is 16.4. The van der Waals surface area contributed by atoms with E-state index >= 15 is 0 Å². The monoisotopic (exact) mass is 348 g/mol. The van der Waals surface area contributed by atoms with Crippen molar-refractivity contribution < 1.29 is 14.3 Å². The molecule has 0 saturated heterocycles. The first-order valence-corrected chi connectivity index (χ1v) is 7.82. The molecule has 0 fully saturated rings. The van der Waals surface area contributed by atoms with E-state index in [0.717, 1.165) is 11.1 Å². The van der Waals surface area contributed by atoms with Crippen LogP contribution in [0.15, 0.2) is 66.9 Å². The standard InChI is InChI=1S/C19H13FN4O2/c20-14-7-3-12(4-8-14)16-2-1-11-24-17(16)22-19(23-24)21-15-9-5-13(6-10-15)18(25)26/h1-11H,(H,21,23)(H,25,26). The van der Waals surface area contributed by atoms with Crippen LogP contribution in [0.2, 0.25) is 0 Å². The highest BCUT2D eigenvalue weighted by molar-refractivity contribution is 5.88. The Labute approximate surface area is 147 Å². The second kappa shape index (κ2) is 6.29. The maximum atomic E-state index is 13.2. The number of aromatic nitrogens is 3. The molecule has 26 heavy (non-hydrogen) atoms. The number of carbonyl (C=O) groups is 1. The van der Waals surface area contributed by atoms with Crippen molar-refractivity contribution in [1.29, 1.82) is 0 Å². The Hall–Kier alpha value is -3.74. The molecule has 0 unspecified atom stereocenters. The Morgan fingerprint density at radius 2 is 1.77 bits per heavy atom. The number of carboxylic acid groups (broad SMARTS) is 1. The summed E-state index contributed by atoms with van der Waals surface area (Å²) in [6, 6.07) is 16.2. The number of fused-ring (bicyclic) bond motifs is 1. The van der Waals surface area contributed by atoms with E-state index in [4.69, 9.17) is 5.11 Å². The molecule has 0 aliphatic rings. The van der Waals surface area contributed by atoms with Crippen molar-refractivity contribution in [3.05, 3.63) is 78.2 Å². The molecule has 2 N–H and O–H groups in total.